The van der Waals surface area contributed by atoms with E-state index in [1.54, 1.807) is 10.9 Å². The summed E-state index contributed by atoms with van der Waals surface area (Å²) >= 11 is 6.11. The predicted octanol–water partition coefficient (Wildman–Crippen LogP) is 3.04. The molecule has 0 bridgehead atoms. The van der Waals surface area contributed by atoms with Gasteiger partial charge in [0.05, 0.1) is 23.0 Å². The number of rotatable bonds is 5. The standard InChI is InChI=1S/C13H23ClN2O2/c1-6-16-10(9(14)8-15-16)11(17)12(18-7-2)13(3,4)5/h8,11-12,17H,6-7H2,1-5H3. The Morgan fingerprint density at radius 3 is 2.50 bits per heavy atom. The SMILES string of the molecule is CCOC(C(O)c1c(Cl)cnn1CC)C(C)(C)C. The molecule has 0 saturated heterocycles. The molecule has 2 unspecified atom stereocenters. The van der Waals surface area contributed by atoms with Crippen LogP contribution in [0.3, 0.4) is 0 Å². The lowest BCUT2D eigenvalue weighted by Crippen LogP contribution is -2.36. The van der Waals surface area contributed by atoms with Gasteiger partial charge in [0.1, 0.15) is 6.10 Å². The van der Waals surface area contributed by atoms with Gasteiger partial charge in [-0.2, -0.15) is 5.10 Å². The first-order chi connectivity index (χ1) is 8.32. The number of hydrogen-bond acceptors (Lipinski definition) is 3. The molecule has 0 amide bonds. The fourth-order valence-electron chi connectivity index (χ4n) is 2.06. The largest absolute Gasteiger partial charge is 0.384 e. The summed E-state index contributed by atoms with van der Waals surface area (Å²) in [4.78, 5) is 0. The summed E-state index contributed by atoms with van der Waals surface area (Å²) in [5.41, 5.74) is 0.453. The molecule has 2 atom stereocenters. The molecule has 0 fully saturated rings. The molecule has 0 aliphatic rings. The maximum absolute atomic E-state index is 10.6. The number of hydrogen-bond donors (Lipinski definition) is 1. The minimum atomic E-state index is -0.778. The average Bonchev–Trinajstić information content (AvgIpc) is 2.64. The van der Waals surface area contributed by atoms with E-state index in [0.717, 1.165) is 0 Å². The summed E-state index contributed by atoms with van der Waals surface area (Å²) in [7, 11) is 0. The van der Waals surface area contributed by atoms with Crippen molar-refractivity contribution in [3.8, 4) is 0 Å². The lowest BCUT2D eigenvalue weighted by Gasteiger charge is -2.34. The van der Waals surface area contributed by atoms with Crippen LogP contribution in [0, 0.1) is 5.41 Å². The first kappa shape index (κ1) is 15.5. The molecule has 1 aromatic rings. The van der Waals surface area contributed by atoms with Gasteiger partial charge in [-0.15, -0.1) is 0 Å². The zero-order valence-electron chi connectivity index (χ0n) is 11.8. The molecule has 0 aliphatic carbocycles. The monoisotopic (exact) mass is 274 g/mol. The van der Waals surface area contributed by atoms with E-state index >= 15 is 0 Å². The molecule has 104 valence electrons. The topological polar surface area (TPSA) is 47.3 Å². The third-order valence-corrected chi connectivity index (χ3v) is 3.19. The number of aliphatic hydroxyl groups excluding tert-OH is 1. The lowest BCUT2D eigenvalue weighted by molar-refractivity contribution is -0.0925. The van der Waals surface area contributed by atoms with Crippen LogP contribution in [-0.4, -0.2) is 27.6 Å². The summed E-state index contributed by atoms with van der Waals surface area (Å²) in [5, 5.41) is 15.2. The zero-order chi connectivity index (χ0) is 13.9. The molecule has 0 aliphatic heterocycles. The number of aromatic nitrogens is 2. The molecule has 0 spiro atoms. The van der Waals surface area contributed by atoms with Crippen molar-refractivity contribution in [3.63, 3.8) is 0 Å². The molecule has 5 heteroatoms. The maximum Gasteiger partial charge on any atom is 0.124 e. The maximum atomic E-state index is 10.6. The molecule has 4 nitrogen and oxygen atoms in total. The van der Waals surface area contributed by atoms with E-state index in [2.05, 4.69) is 5.10 Å². The lowest BCUT2D eigenvalue weighted by atomic mass is 9.84. The molecule has 0 saturated carbocycles. The van der Waals surface area contributed by atoms with Crippen LogP contribution in [0.2, 0.25) is 5.02 Å². The predicted molar refractivity (Wildman–Crippen MR) is 72.7 cm³/mol. The summed E-state index contributed by atoms with van der Waals surface area (Å²) in [5.74, 6) is 0. The Balaban J connectivity index is 3.09. The van der Waals surface area contributed by atoms with E-state index in [0.29, 0.717) is 23.9 Å². The molecule has 1 rings (SSSR count). The summed E-state index contributed by atoms with van der Waals surface area (Å²) in [6.07, 6.45) is 0.469. The molecule has 18 heavy (non-hydrogen) atoms. The van der Waals surface area contributed by atoms with Crippen LogP contribution in [0.5, 0.6) is 0 Å². The van der Waals surface area contributed by atoms with Gasteiger partial charge < -0.3 is 9.84 Å². The van der Waals surface area contributed by atoms with Crippen LogP contribution in [0.4, 0.5) is 0 Å². The Kier molecular flexibility index (Phi) is 5.20. The summed E-state index contributed by atoms with van der Waals surface area (Å²) < 4.78 is 7.41. The van der Waals surface area contributed by atoms with Gasteiger partial charge in [0, 0.05) is 13.2 Å². The Bertz CT molecular complexity index is 385. The van der Waals surface area contributed by atoms with Crippen molar-refractivity contribution in [1.82, 2.24) is 9.78 Å². The van der Waals surface area contributed by atoms with Crippen LogP contribution in [0.1, 0.15) is 46.4 Å². The number of nitrogens with zero attached hydrogens (tertiary/aromatic N) is 2. The Labute approximate surface area is 114 Å². The fourth-order valence-corrected chi connectivity index (χ4v) is 2.31. The summed E-state index contributed by atoms with van der Waals surface area (Å²) in [6, 6.07) is 0. The Morgan fingerprint density at radius 1 is 1.44 bits per heavy atom. The Morgan fingerprint density at radius 2 is 2.06 bits per heavy atom. The van der Waals surface area contributed by atoms with Crippen molar-refractivity contribution in [2.75, 3.05) is 6.61 Å². The average molecular weight is 275 g/mol. The van der Waals surface area contributed by atoms with Gasteiger partial charge in [0.25, 0.3) is 0 Å². The second-order valence-corrected chi connectivity index (χ2v) is 5.79. The molecule has 1 heterocycles. The fraction of sp³-hybridized carbons (Fsp3) is 0.769. The first-order valence-electron chi connectivity index (χ1n) is 6.33. The highest BCUT2D eigenvalue weighted by molar-refractivity contribution is 6.31. The molecule has 0 aromatic carbocycles. The van der Waals surface area contributed by atoms with Gasteiger partial charge in [-0.05, 0) is 19.3 Å². The smallest absolute Gasteiger partial charge is 0.124 e. The van der Waals surface area contributed by atoms with Gasteiger partial charge >= 0.3 is 0 Å². The number of aryl methyl sites for hydroxylation is 1. The normalized spacial score (nSPS) is 15.7. The zero-order valence-corrected chi connectivity index (χ0v) is 12.5. The first-order valence-corrected chi connectivity index (χ1v) is 6.71. The quantitative estimate of drug-likeness (QED) is 0.898. The second-order valence-electron chi connectivity index (χ2n) is 5.38. The van der Waals surface area contributed by atoms with E-state index in [4.69, 9.17) is 16.3 Å². The number of halogens is 1. The van der Waals surface area contributed by atoms with Crippen LogP contribution >= 0.6 is 11.6 Å². The van der Waals surface area contributed by atoms with Gasteiger partial charge in [-0.3, -0.25) is 4.68 Å². The van der Waals surface area contributed by atoms with Gasteiger partial charge in [0.2, 0.25) is 0 Å². The molecule has 1 aromatic heterocycles. The number of ether oxygens (including phenoxy) is 1. The minimum absolute atomic E-state index is 0.179. The van der Waals surface area contributed by atoms with Crippen molar-refractivity contribution < 1.29 is 9.84 Å². The summed E-state index contributed by atoms with van der Waals surface area (Å²) in [6.45, 7) is 11.2. The number of aliphatic hydroxyl groups is 1. The second kappa shape index (κ2) is 6.04. The highest BCUT2D eigenvalue weighted by Crippen LogP contribution is 2.35. The van der Waals surface area contributed by atoms with Crippen LogP contribution in [-0.2, 0) is 11.3 Å². The molecule has 0 radical (unpaired) electrons. The van der Waals surface area contributed by atoms with Crippen molar-refractivity contribution in [2.24, 2.45) is 5.41 Å². The van der Waals surface area contributed by atoms with Crippen LogP contribution < -0.4 is 0 Å². The van der Waals surface area contributed by atoms with Gasteiger partial charge in [-0.25, -0.2) is 0 Å². The van der Waals surface area contributed by atoms with Crippen LogP contribution in [0.15, 0.2) is 6.20 Å². The van der Waals surface area contributed by atoms with Crippen molar-refractivity contribution >= 4 is 11.6 Å². The van der Waals surface area contributed by atoms with E-state index in [9.17, 15) is 5.11 Å². The van der Waals surface area contributed by atoms with E-state index < -0.39 is 6.10 Å². The van der Waals surface area contributed by atoms with Crippen molar-refractivity contribution in [3.05, 3.63) is 16.9 Å². The third kappa shape index (κ3) is 3.25. The van der Waals surface area contributed by atoms with Gasteiger partial charge in [0.15, 0.2) is 0 Å². The highest BCUT2D eigenvalue weighted by Gasteiger charge is 2.35. The van der Waals surface area contributed by atoms with E-state index in [1.807, 2.05) is 34.6 Å². The van der Waals surface area contributed by atoms with E-state index in [1.165, 1.54) is 0 Å². The van der Waals surface area contributed by atoms with Crippen molar-refractivity contribution in [2.45, 2.75) is 53.4 Å². The van der Waals surface area contributed by atoms with Crippen LogP contribution in [0.25, 0.3) is 0 Å². The molecular weight excluding hydrogens is 252 g/mol. The van der Waals surface area contributed by atoms with Gasteiger partial charge in [-0.1, -0.05) is 32.4 Å². The Hall–Kier alpha value is -0.580. The third-order valence-electron chi connectivity index (χ3n) is 2.90. The van der Waals surface area contributed by atoms with Crippen molar-refractivity contribution in [1.29, 1.82) is 0 Å². The minimum Gasteiger partial charge on any atom is -0.384 e. The van der Waals surface area contributed by atoms with E-state index in [-0.39, 0.29) is 11.5 Å². The molecule has 1 N–H and O–H groups in total. The highest BCUT2D eigenvalue weighted by atomic mass is 35.5. The molecular formula is C13H23ClN2O2.